The normalized spacial score (nSPS) is 10.6. The number of aromatic nitrogens is 1. The number of nitrogens with zero attached hydrogens (tertiary/aromatic N) is 2. The van der Waals surface area contributed by atoms with E-state index in [1.165, 1.54) is 0 Å². The molecule has 0 aliphatic carbocycles. The molecule has 0 bridgehead atoms. The van der Waals surface area contributed by atoms with Crippen LogP contribution in [0.25, 0.3) is 0 Å². The predicted molar refractivity (Wildman–Crippen MR) is 108 cm³/mol. The summed E-state index contributed by atoms with van der Waals surface area (Å²) < 4.78 is 45.4. The molecule has 1 N–H and O–H groups in total. The summed E-state index contributed by atoms with van der Waals surface area (Å²) >= 11 is 0. The minimum absolute atomic E-state index is 0.235. The van der Waals surface area contributed by atoms with Gasteiger partial charge in [0.25, 0.3) is 0 Å². The monoisotopic (exact) mass is 422 g/mol. The van der Waals surface area contributed by atoms with E-state index >= 15 is 0 Å². The predicted octanol–water partition coefficient (Wildman–Crippen LogP) is 5.09. The van der Waals surface area contributed by atoms with Crippen LogP contribution in [-0.4, -0.2) is 16.7 Å². The maximum atomic E-state index is 13.2. The molecule has 3 rings (SSSR count). The zero-order valence-corrected chi connectivity index (χ0v) is 16.3. The van der Waals surface area contributed by atoms with Crippen LogP contribution in [0.15, 0.2) is 60.9 Å². The molecule has 7 heteroatoms. The van der Waals surface area contributed by atoms with Crippen LogP contribution >= 0.6 is 0 Å². The molecule has 0 aliphatic rings. The second-order valence-electron chi connectivity index (χ2n) is 6.60. The average Bonchev–Trinajstić information content (AvgIpc) is 2.76. The van der Waals surface area contributed by atoms with Gasteiger partial charge in [-0.3, -0.25) is 4.98 Å². The van der Waals surface area contributed by atoms with Crippen molar-refractivity contribution in [1.82, 2.24) is 4.98 Å². The molecule has 0 saturated carbocycles. The first-order chi connectivity index (χ1) is 14.9. The Labute approximate surface area is 177 Å². The number of benzene rings is 2. The van der Waals surface area contributed by atoms with Crippen LogP contribution in [0.5, 0.6) is 11.5 Å². The second kappa shape index (κ2) is 9.69. The number of hydrogen-bond donors (Lipinski definition) is 1. The second-order valence-corrected chi connectivity index (χ2v) is 6.60. The lowest BCUT2D eigenvalue weighted by atomic mass is 9.99. The summed E-state index contributed by atoms with van der Waals surface area (Å²) in [7, 11) is 0. The number of ether oxygens (including phenoxy) is 1. The molecule has 0 atom stereocenters. The molecule has 31 heavy (non-hydrogen) atoms. The van der Waals surface area contributed by atoms with E-state index in [1.807, 2.05) is 0 Å². The summed E-state index contributed by atoms with van der Waals surface area (Å²) in [5.41, 5.74) is 0.486. The van der Waals surface area contributed by atoms with Gasteiger partial charge in [0.05, 0.1) is 23.8 Å². The van der Waals surface area contributed by atoms with Crippen LogP contribution in [-0.2, 0) is 12.6 Å². The smallest absolute Gasteiger partial charge is 0.417 e. The Morgan fingerprint density at radius 1 is 0.968 bits per heavy atom. The van der Waals surface area contributed by atoms with Gasteiger partial charge < -0.3 is 9.84 Å². The fourth-order valence-electron chi connectivity index (χ4n) is 2.89. The van der Waals surface area contributed by atoms with E-state index in [0.29, 0.717) is 42.4 Å². The van der Waals surface area contributed by atoms with Gasteiger partial charge in [0, 0.05) is 23.5 Å². The van der Waals surface area contributed by atoms with Gasteiger partial charge in [0.2, 0.25) is 0 Å². The Morgan fingerprint density at radius 3 is 2.39 bits per heavy atom. The molecular weight excluding hydrogens is 405 g/mol. The third-order valence-corrected chi connectivity index (χ3v) is 4.38. The van der Waals surface area contributed by atoms with Crippen LogP contribution in [0, 0.1) is 23.2 Å². The Bertz CT molecular complexity index is 1160. The van der Waals surface area contributed by atoms with E-state index in [0.717, 1.165) is 17.7 Å². The lowest BCUT2D eigenvalue weighted by Crippen LogP contribution is -2.07. The maximum Gasteiger partial charge on any atom is 0.417 e. The lowest BCUT2D eigenvalue weighted by molar-refractivity contribution is -0.137. The molecule has 0 spiro atoms. The minimum Gasteiger partial charge on any atom is -0.508 e. The molecule has 3 aromatic rings. The largest absolute Gasteiger partial charge is 0.508 e. The third kappa shape index (κ3) is 6.01. The SMILES string of the molecule is N#Cc1ccc(C#Cc2ccc(O)cc2C(F)(F)F)c(CCCOc2ccncc2)c1. The first kappa shape index (κ1) is 21.7. The molecule has 0 saturated heterocycles. The fraction of sp³-hybridized carbons (Fsp3) is 0.167. The van der Waals surface area contributed by atoms with Crippen molar-refractivity contribution in [1.29, 1.82) is 5.26 Å². The van der Waals surface area contributed by atoms with Gasteiger partial charge in [-0.15, -0.1) is 0 Å². The fourth-order valence-corrected chi connectivity index (χ4v) is 2.89. The zero-order valence-electron chi connectivity index (χ0n) is 16.3. The van der Waals surface area contributed by atoms with Gasteiger partial charge in [-0.05, 0) is 66.9 Å². The number of phenols is 1. The number of phenolic OH excluding ortho intramolecular Hbond substituents is 1. The number of hydrogen-bond acceptors (Lipinski definition) is 4. The number of nitriles is 1. The van der Waals surface area contributed by atoms with Crippen molar-refractivity contribution < 1.29 is 23.0 Å². The van der Waals surface area contributed by atoms with Crippen LogP contribution in [0.4, 0.5) is 13.2 Å². The quantitative estimate of drug-likeness (QED) is 0.460. The minimum atomic E-state index is -4.64. The molecular formula is C24H17F3N2O2. The number of halogens is 3. The molecule has 2 aromatic carbocycles. The Morgan fingerprint density at radius 2 is 1.68 bits per heavy atom. The number of alkyl halides is 3. The molecule has 0 amide bonds. The lowest BCUT2D eigenvalue weighted by Gasteiger charge is -2.10. The molecule has 0 fully saturated rings. The molecule has 1 heterocycles. The van der Waals surface area contributed by atoms with Gasteiger partial charge in [-0.2, -0.15) is 18.4 Å². The van der Waals surface area contributed by atoms with Crippen molar-refractivity contribution in [2.75, 3.05) is 6.61 Å². The number of aryl methyl sites for hydroxylation is 1. The highest BCUT2D eigenvalue weighted by Gasteiger charge is 2.33. The average molecular weight is 422 g/mol. The maximum absolute atomic E-state index is 13.2. The molecule has 0 unspecified atom stereocenters. The number of rotatable bonds is 5. The van der Waals surface area contributed by atoms with Gasteiger partial charge in [-0.1, -0.05) is 11.8 Å². The molecule has 0 aliphatic heterocycles. The van der Waals surface area contributed by atoms with E-state index in [1.54, 1.807) is 42.7 Å². The van der Waals surface area contributed by atoms with Crippen LogP contribution in [0.2, 0.25) is 0 Å². The first-order valence-electron chi connectivity index (χ1n) is 9.35. The van der Waals surface area contributed by atoms with E-state index in [9.17, 15) is 18.3 Å². The van der Waals surface area contributed by atoms with E-state index in [4.69, 9.17) is 10.00 Å². The first-order valence-corrected chi connectivity index (χ1v) is 9.35. The van der Waals surface area contributed by atoms with E-state index in [-0.39, 0.29) is 5.56 Å². The highest BCUT2D eigenvalue weighted by atomic mass is 19.4. The standard InChI is InChI=1S/C24H17F3N2O2/c25-24(26,27)23-15-21(30)8-7-19(23)6-5-18-4-3-17(16-28)14-20(18)2-1-13-31-22-9-11-29-12-10-22/h3-4,7-12,14-15,30H,1-2,13H2. The Hall–Kier alpha value is -3.97. The van der Waals surface area contributed by atoms with E-state index in [2.05, 4.69) is 22.9 Å². The molecule has 156 valence electrons. The van der Waals surface area contributed by atoms with Gasteiger partial charge in [0.15, 0.2) is 0 Å². The van der Waals surface area contributed by atoms with Gasteiger partial charge in [0.1, 0.15) is 11.5 Å². The highest BCUT2D eigenvalue weighted by molar-refractivity contribution is 5.53. The van der Waals surface area contributed by atoms with Crippen molar-refractivity contribution in [3.05, 3.63) is 88.7 Å². The summed E-state index contributed by atoms with van der Waals surface area (Å²) in [6, 6.07) is 13.4. The van der Waals surface area contributed by atoms with Crippen molar-refractivity contribution in [2.45, 2.75) is 19.0 Å². The Kier molecular flexibility index (Phi) is 6.79. The van der Waals surface area contributed by atoms with Crippen molar-refractivity contribution >= 4 is 0 Å². The number of pyridine rings is 1. The molecule has 1 aromatic heterocycles. The van der Waals surface area contributed by atoms with Crippen molar-refractivity contribution in [3.63, 3.8) is 0 Å². The van der Waals surface area contributed by atoms with Crippen LogP contribution in [0.1, 0.15) is 34.2 Å². The van der Waals surface area contributed by atoms with Crippen LogP contribution < -0.4 is 4.74 Å². The Balaban J connectivity index is 1.81. The number of aromatic hydroxyl groups is 1. The molecule has 0 radical (unpaired) electrons. The summed E-state index contributed by atoms with van der Waals surface area (Å²) in [6.07, 6.45) is -0.234. The summed E-state index contributed by atoms with van der Waals surface area (Å²) in [6.45, 7) is 0.420. The van der Waals surface area contributed by atoms with Crippen molar-refractivity contribution in [2.24, 2.45) is 0 Å². The van der Waals surface area contributed by atoms with E-state index < -0.39 is 17.5 Å². The third-order valence-electron chi connectivity index (χ3n) is 4.38. The summed E-state index contributed by atoms with van der Waals surface area (Å²) in [4.78, 5) is 3.91. The zero-order chi connectivity index (χ0) is 22.3. The summed E-state index contributed by atoms with van der Waals surface area (Å²) in [5, 5.41) is 18.6. The molecule has 4 nitrogen and oxygen atoms in total. The van der Waals surface area contributed by atoms with Gasteiger partial charge >= 0.3 is 6.18 Å². The van der Waals surface area contributed by atoms with Crippen LogP contribution in [0.3, 0.4) is 0 Å². The van der Waals surface area contributed by atoms with Crippen molar-refractivity contribution in [3.8, 4) is 29.4 Å². The highest BCUT2D eigenvalue weighted by Crippen LogP contribution is 2.33. The topological polar surface area (TPSA) is 66.1 Å². The summed E-state index contributed by atoms with van der Waals surface area (Å²) in [5.74, 6) is 5.54. The van der Waals surface area contributed by atoms with Gasteiger partial charge in [-0.25, -0.2) is 0 Å².